The second-order valence-corrected chi connectivity index (χ2v) is 4.86. The third-order valence-electron chi connectivity index (χ3n) is 3.50. The number of rotatable bonds is 2. The van der Waals surface area contributed by atoms with Gasteiger partial charge in [-0.05, 0) is 31.0 Å². The molecule has 0 N–H and O–H groups in total. The maximum Gasteiger partial charge on any atom is 0.336 e. The fourth-order valence-electron chi connectivity index (χ4n) is 2.47. The molecule has 98 valence electrons. The summed E-state index contributed by atoms with van der Waals surface area (Å²) in [4.78, 5) is 23.1. The van der Waals surface area contributed by atoms with Crippen molar-refractivity contribution in [1.29, 1.82) is 0 Å². The first-order chi connectivity index (χ1) is 9.22. The number of fused-ring (bicyclic) bond motifs is 1. The van der Waals surface area contributed by atoms with E-state index < -0.39 is 5.63 Å². The van der Waals surface area contributed by atoms with Crippen LogP contribution < -0.4 is 10.4 Å². The zero-order chi connectivity index (χ0) is 13.2. The minimum absolute atomic E-state index is 0.0125. The van der Waals surface area contributed by atoms with Gasteiger partial charge >= 0.3 is 11.6 Å². The van der Waals surface area contributed by atoms with E-state index in [1.54, 1.807) is 24.3 Å². The predicted octanol–water partition coefficient (Wildman–Crippen LogP) is 2.89. The number of hydrogen-bond donors (Lipinski definition) is 0. The number of carbonyl (C=O) groups excluding carboxylic acids is 1. The predicted molar refractivity (Wildman–Crippen MR) is 70.1 cm³/mol. The van der Waals surface area contributed by atoms with Crippen LogP contribution >= 0.6 is 0 Å². The van der Waals surface area contributed by atoms with E-state index >= 15 is 0 Å². The highest BCUT2D eigenvalue weighted by Gasteiger charge is 2.24. The highest BCUT2D eigenvalue weighted by atomic mass is 16.5. The van der Waals surface area contributed by atoms with Gasteiger partial charge in [-0.25, -0.2) is 4.79 Å². The van der Waals surface area contributed by atoms with Crippen LogP contribution in [0, 0.1) is 5.92 Å². The van der Waals surface area contributed by atoms with Crippen molar-refractivity contribution in [3.63, 3.8) is 0 Å². The molecular weight excluding hydrogens is 244 g/mol. The van der Waals surface area contributed by atoms with Crippen LogP contribution in [-0.2, 0) is 4.79 Å². The van der Waals surface area contributed by atoms with Crippen LogP contribution in [0.1, 0.15) is 25.7 Å². The Hall–Kier alpha value is -2.10. The number of hydrogen-bond acceptors (Lipinski definition) is 4. The molecule has 1 fully saturated rings. The van der Waals surface area contributed by atoms with Crippen LogP contribution in [0.15, 0.2) is 39.5 Å². The Balaban J connectivity index is 1.84. The smallest absolute Gasteiger partial charge is 0.336 e. The van der Waals surface area contributed by atoms with Crippen molar-refractivity contribution in [1.82, 2.24) is 0 Å². The topological polar surface area (TPSA) is 56.5 Å². The van der Waals surface area contributed by atoms with E-state index in [1.807, 2.05) is 0 Å². The highest BCUT2D eigenvalue weighted by Crippen LogP contribution is 2.27. The molecule has 0 bridgehead atoms. The first-order valence-corrected chi connectivity index (χ1v) is 6.48. The quantitative estimate of drug-likeness (QED) is 0.472. The van der Waals surface area contributed by atoms with Crippen LogP contribution in [0.5, 0.6) is 5.75 Å². The summed E-state index contributed by atoms with van der Waals surface area (Å²) in [5.74, 6) is 0.257. The fraction of sp³-hybridized carbons (Fsp3) is 0.333. The first-order valence-electron chi connectivity index (χ1n) is 6.48. The van der Waals surface area contributed by atoms with E-state index in [0.717, 1.165) is 31.1 Å². The minimum Gasteiger partial charge on any atom is -0.426 e. The van der Waals surface area contributed by atoms with Crippen molar-refractivity contribution in [3.05, 3.63) is 40.8 Å². The summed E-state index contributed by atoms with van der Waals surface area (Å²) in [5.41, 5.74) is 0.0241. The molecule has 0 aliphatic heterocycles. The molecule has 0 atom stereocenters. The molecule has 1 aromatic heterocycles. The summed E-state index contributed by atoms with van der Waals surface area (Å²) in [6.45, 7) is 0. The van der Waals surface area contributed by atoms with Gasteiger partial charge in [0.25, 0.3) is 0 Å². The van der Waals surface area contributed by atoms with Crippen molar-refractivity contribution in [2.45, 2.75) is 25.7 Å². The summed E-state index contributed by atoms with van der Waals surface area (Å²) in [5, 5.41) is 0.806. The molecule has 2 aromatic rings. The molecule has 1 aliphatic carbocycles. The Morgan fingerprint density at radius 1 is 1.16 bits per heavy atom. The van der Waals surface area contributed by atoms with Crippen LogP contribution in [0.4, 0.5) is 0 Å². The molecule has 0 spiro atoms. The van der Waals surface area contributed by atoms with Gasteiger partial charge in [-0.15, -0.1) is 0 Å². The number of carbonyl (C=O) groups is 1. The van der Waals surface area contributed by atoms with Gasteiger partial charge in [-0.2, -0.15) is 0 Å². The Morgan fingerprint density at radius 3 is 2.68 bits per heavy atom. The van der Waals surface area contributed by atoms with E-state index in [0.29, 0.717) is 11.3 Å². The molecule has 1 aromatic carbocycles. The summed E-state index contributed by atoms with van der Waals surface area (Å²) in [7, 11) is 0. The van der Waals surface area contributed by atoms with Gasteiger partial charge in [-0.1, -0.05) is 12.8 Å². The van der Waals surface area contributed by atoms with E-state index in [2.05, 4.69) is 0 Å². The van der Waals surface area contributed by atoms with Crippen LogP contribution in [0.2, 0.25) is 0 Å². The third-order valence-corrected chi connectivity index (χ3v) is 3.50. The number of benzene rings is 1. The molecule has 4 heteroatoms. The zero-order valence-corrected chi connectivity index (χ0v) is 10.4. The van der Waals surface area contributed by atoms with Crippen molar-refractivity contribution >= 4 is 16.9 Å². The zero-order valence-electron chi connectivity index (χ0n) is 10.4. The molecule has 1 saturated carbocycles. The Bertz CT molecular complexity index is 665. The lowest BCUT2D eigenvalue weighted by Gasteiger charge is -2.09. The lowest BCUT2D eigenvalue weighted by Crippen LogP contribution is -2.17. The third kappa shape index (κ3) is 2.52. The number of ether oxygens (including phenoxy) is 1. The minimum atomic E-state index is -0.410. The summed E-state index contributed by atoms with van der Waals surface area (Å²) in [6.07, 6.45) is 3.99. The standard InChI is InChI=1S/C15H14O4/c16-14-8-6-10-5-7-12(9-13(10)19-14)18-15(17)11-3-1-2-4-11/h5-9,11H,1-4H2. The Labute approximate surface area is 110 Å². The molecule has 4 nitrogen and oxygen atoms in total. The van der Waals surface area contributed by atoms with Crippen molar-refractivity contribution in [2.24, 2.45) is 5.92 Å². The molecular formula is C15H14O4. The lowest BCUT2D eigenvalue weighted by molar-refractivity contribution is -0.138. The highest BCUT2D eigenvalue weighted by molar-refractivity contribution is 5.80. The summed E-state index contributed by atoms with van der Waals surface area (Å²) in [6, 6.07) is 8.13. The molecule has 1 aliphatic rings. The SMILES string of the molecule is O=C(Oc1ccc2ccc(=O)oc2c1)C1CCCC1. The average Bonchev–Trinajstić information content (AvgIpc) is 2.92. The molecule has 3 rings (SSSR count). The molecule has 0 saturated heterocycles. The average molecular weight is 258 g/mol. The summed E-state index contributed by atoms with van der Waals surface area (Å²) < 4.78 is 10.4. The van der Waals surface area contributed by atoms with Crippen molar-refractivity contribution in [2.75, 3.05) is 0 Å². The van der Waals surface area contributed by atoms with E-state index in [9.17, 15) is 9.59 Å². The normalized spacial score (nSPS) is 15.8. The van der Waals surface area contributed by atoms with Gasteiger partial charge in [0.15, 0.2) is 0 Å². The second-order valence-electron chi connectivity index (χ2n) is 4.86. The Kier molecular flexibility index (Phi) is 3.07. The van der Waals surface area contributed by atoms with Gasteiger partial charge in [-0.3, -0.25) is 4.79 Å². The number of esters is 1. The van der Waals surface area contributed by atoms with Crippen LogP contribution in [0.25, 0.3) is 11.0 Å². The molecule has 0 radical (unpaired) electrons. The van der Waals surface area contributed by atoms with E-state index in [1.165, 1.54) is 6.07 Å². The maximum atomic E-state index is 11.9. The first kappa shape index (κ1) is 12.0. The van der Waals surface area contributed by atoms with E-state index in [-0.39, 0.29) is 11.9 Å². The largest absolute Gasteiger partial charge is 0.426 e. The van der Waals surface area contributed by atoms with Gasteiger partial charge < -0.3 is 9.15 Å². The van der Waals surface area contributed by atoms with Crippen LogP contribution in [-0.4, -0.2) is 5.97 Å². The van der Waals surface area contributed by atoms with Crippen molar-refractivity contribution in [3.8, 4) is 5.75 Å². The van der Waals surface area contributed by atoms with Gasteiger partial charge in [0.05, 0.1) is 5.92 Å². The monoisotopic (exact) mass is 258 g/mol. The maximum absolute atomic E-state index is 11.9. The second kappa shape index (κ2) is 4.88. The van der Waals surface area contributed by atoms with E-state index in [4.69, 9.17) is 9.15 Å². The van der Waals surface area contributed by atoms with Gasteiger partial charge in [0, 0.05) is 17.5 Å². The molecule has 0 amide bonds. The fourth-order valence-corrected chi connectivity index (χ4v) is 2.47. The molecule has 1 heterocycles. The summed E-state index contributed by atoms with van der Waals surface area (Å²) >= 11 is 0. The van der Waals surface area contributed by atoms with Crippen LogP contribution in [0.3, 0.4) is 0 Å². The Morgan fingerprint density at radius 2 is 1.89 bits per heavy atom. The molecule has 0 unspecified atom stereocenters. The molecule has 19 heavy (non-hydrogen) atoms. The lowest BCUT2D eigenvalue weighted by atomic mass is 10.1. The van der Waals surface area contributed by atoms with Gasteiger partial charge in [0.1, 0.15) is 11.3 Å². The van der Waals surface area contributed by atoms with Crippen molar-refractivity contribution < 1.29 is 13.9 Å². The van der Waals surface area contributed by atoms with Gasteiger partial charge in [0.2, 0.25) is 0 Å².